The molecule has 4 rings (SSSR count). The minimum Gasteiger partial charge on any atom is -0.368 e. The second kappa shape index (κ2) is 8.06. The number of hydrogen-bond donors (Lipinski definition) is 1. The van der Waals surface area contributed by atoms with Crippen LogP contribution in [0.15, 0.2) is 59.8 Å². The van der Waals surface area contributed by atoms with Crippen molar-refractivity contribution >= 4 is 23.6 Å². The summed E-state index contributed by atoms with van der Waals surface area (Å²) in [5.74, 6) is 0.428. The van der Waals surface area contributed by atoms with Gasteiger partial charge in [-0.2, -0.15) is 0 Å². The number of nitrogens with two attached hydrogens (primary N) is 1. The van der Waals surface area contributed by atoms with Crippen LogP contribution >= 0.6 is 11.8 Å². The number of benzene rings is 2. The number of thioether (sulfide) groups is 1. The van der Waals surface area contributed by atoms with E-state index in [2.05, 4.69) is 46.3 Å². The highest BCUT2D eigenvalue weighted by atomic mass is 32.2. The van der Waals surface area contributed by atoms with Gasteiger partial charge in [-0.15, -0.1) is 10.2 Å². The summed E-state index contributed by atoms with van der Waals surface area (Å²) in [6.45, 7) is 3.99. The third-order valence-electron chi connectivity index (χ3n) is 4.88. The molecular formula is C21H23N5OS. The van der Waals surface area contributed by atoms with Crippen molar-refractivity contribution in [1.82, 2.24) is 14.8 Å². The zero-order chi connectivity index (χ0) is 19.5. The molecule has 1 fully saturated rings. The van der Waals surface area contributed by atoms with Crippen LogP contribution in [0.4, 0.5) is 5.95 Å². The van der Waals surface area contributed by atoms with Crippen molar-refractivity contribution in [1.29, 1.82) is 0 Å². The Kier molecular flexibility index (Phi) is 5.34. The topological polar surface area (TPSA) is 77.0 Å². The summed E-state index contributed by atoms with van der Waals surface area (Å²) in [4.78, 5) is 14.4. The summed E-state index contributed by atoms with van der Waals surface area (Å²) in [6.07, 6.45) is 2.30. The van der Waals surface area contributed by atoms with Crippen molar-refractivity contribution in [3.05, 3.63) is 65.7 Å². The van der Waals surface area contributed by atoms with E-state index >= 15 is 0 Å². The highest BCUT2D eigenvalue weighted by Crippen LogP contribution is 2.37. The Morgan fingerprint density at radius 1 is 1.04 bits per heavy atom. The van der Waals surface area contributed by atoms with E-state index in [1.165, 1.54) is 17.3 Å². The van der Waals surface area contributed by atoms with Gasteiger partial charge in [-0.1, -0.05) is 59.8 Å². The van der Waals surface area contributed by atoms with Crippen molar-refractivity contribution in [2.24, 2.45) is 5.73 Å². The number of carbonyl (C=O) groups excluding carboxylic acids is 1. The summed E-state index contributed by atoms with van der Waals surface area (Å²) < 4.78 is 2.04. The number of amides is 1. The van der Waals surface area contributed by atoms with Crippen LogP contribution in [0.3, 0.4) is 0 Å². The van der Waals surface area contributed by atoms with Crippen molar-refractivity contribution in [3.63, 3.8) is 0 Å². The molecule has 1 atom stereocenters. The van der Waals surface area contributed by atoms with Gasteiger partial charge in [0.25, 0.3) is 0 Å². The Morgan fingerprint density at radius 2 is 1.71 bits per heavy atom. The number of primary amides is 1. The van der Waals surface area contributed by atoms with Crippen LogP contribution in [0.25, 0.3) is 5.69 Å². The molecular weight excluding hydrogens is 370 g/mol. The first kappa shape index (κ1) is 18.6. The van der Waals surface area contributed by atoms with Crippen molar-refractivity contribution in [2.45, 2.75) is 30.2 Å². The summed E-state index contributed by atoms with van der Waals surface area (Å²) >= 11 is 1.34. The molecule has 0 radical (unpaired) electrons. The van der Waals surface area contributed by atoms with Gasteiger partial charge < -0.3 is 10.6 Å². The molecule has 1 saturated heterocycles. The maximum atomic E-state index is 12.2. The predicted molar refractivity (Wildman–Crippen MR) is 112 cm³/mol. The van der Waals surface area contributed by atoms with E-state index in [1.54, 1.807) is 0 Å². The average Bonchev–Trinajstić information content (AvgIpc) is 3.37. The predicted octanol–water partition coefficient (Wildman–Crippen LogP) is 3.49. The van der Waals surface area contributed by atoms with Crippen LogP contribution in [-0.2, 0) is 4.79 Å². The fourth-order valence-corrected chi connectivity index (χ4v) is 4.40. The average molecular weight is 394 g/mol. The summed E-state index contributed by atoms with van der Waals surface area (Å²) in [7, 11) is 0. The summed E-state index contributed by atoms with van der Waals surface area (Å²) in [5, 5.41) is 9.04. The molecule has 1 aliphatic rings. The van der Waals surface area contributed by atoms with E-state index in [1.807, 2.05) is 34.9 Å². The van der Waals surface area contributed by atoms with Gasteiger partial charge in [-0.05, 0) is 37.5 Å². The molecule has 144 valence electrons. The van der Waals surface area contributed by atoms with Crippen molar-refractivity contribution in [2.75, 3.05) is 18.0 Å². The number of anilines is 1. The van der Waals surface area contributed by atoms with Crippen LogP contribution in [-0.4, -0.2) is 33.8 Å². The molecule has 6 nitrogen and oxygen atoms in total. The first-order chi connectivity index (χ1) is 13.6. The number of hydrogen-bond acceptors (Lipinski definition) is 5. The molecule has 1 aromatic heterocycles. The minimum absolute atomic E-state index is 0.391. The van der Waals surface area contributed by atoms with E-state index in [4.69, 9.17) is 5.73 Å². The maximum Gasteiger partial charge on any atom is 0.235 e. The Bertz CT molecular complexity index is 949. The minimum atomic E-state index is -0.527. The molecule has 1 unspecified atom stereocenters. The number of rotatable bonds is 6. The van der Waals surface area contributed by atoms with Gasteiger partial charge in [0.2, 0.25) is 11.9 Å². The SMILES string of the molecule is Cc1ccc(-n2c(SC(C(N)=O)c3ccccc3)nnc2N2CCCC2)cc1. The Hall–Kier alpha value is -2.80. The summed E-state index contributed by atoms with van der Waals surface area (Å²) in [6, 6.07) is 17.8. The molecule has 3 aromatic rings. The van der Waals surface area contributed by atoms with Crippen LogP contribution < -0.4 is 10.6 Å². The quantitative estimate of drug-likeness (QED) is 0.649. The molecule has 2 aromatic carbocycles. The van der Waals surface area contributed by atoms with Gasteiger partial charge in [0.1, 0.15) is 5.25 Å². The first-order valence-electron chi connectivity index (χ1n) is 9.42. The normalized spacial score (nSPS) is 15.0. The van der Waals surface area contributed by atoms with Crippen molar-refractivity contribution < 1.29 is 4.79 Å². The van der Waals surface area contributed by atoms with E-state index in [9.17, 15) is 4.79 Å². The molecule has 2 heterocycles. The van der Waals surface area contributed by atoms with Gasteiger partial charge >= 0.3 is 0 Å². The fraction of sp³-hybridized carbons (Fsp3) is 0.286. The highest BCUT2D eigenvalue weighted by Gasteiger charge is 2.27. The van der Waals surface area contributed by atoms with Gasteiger partial charge in [-0.3, -0.25) is 9.36 Å². The zero-order valence-corrected chi connectivity index (χ0v) is 16.6. The second-order valence-corrected chi connectivity index (χ2v) is 8.03. The molecule has 2 N–H and O–H groups in total. The Morgan fingerprint density at radius 3 is 2.36 bits per heavy atom. The lowest BCUT2D eigenvalue weighted by Crippen LogP contribution is -2.22. The van der Waals surface area contributed by atoms with Crippen molar-refractivity contribution in [3.8, 4) is 5.69 Å². The second-order valence-electron chi connectivity index (χ2n) is 6.96. The number of aryl methyl sites for hydroxylation is 1. The van der Waals surface area contributed by atoms with E-state index in [0.29, 0.717) is 5.16 Å². The molecule has 7 heteroatoms. The lowest BCUT2D eigenvalue weighted by Gasteiger charge is -2.19. The third-order valence-corrected chi connectivity index (χ3v) is 6.10. The third kappa shape index (κ3) is 3.75. The summed E-state index contributed by atoms with van der Waals surface area (Å²) in [5.41, 5.74) is 8.76. The largest absolute Gasteiger partial charge is 0.368 e. The lowest BCUT2D eigenvalue weighted by atomic mass is 10.1. The number of aromatic nitrogens is 3. The molecule has 1 aliphatic heterocycles. The maximum absolute atomic E-state index is 12.2. The van der Waals surface area contributed by atoms with Gasteiger partial charge in [0, 0.05) is 13.1 Å². The van der Waals surface area contributed by atoms with Crippen LogP contribution in [0.2, 0.25) is 0 Å². The molecule has 0 aliphatic carbocycles. The van der Waals surface area contributed by atoms with E-state index in [-0.39, 0.29) is 0 Å². The molecule has 0 spiro atoms. The number of carbonyl (C=O) groups is 1. The zero-order valence-electron chi connectivity index (χ0n) is 15.8. The molecule has 0 bridgehead atoms. The Labute approximate surface area is 168 Å². The monoisotopic (exact) mass is 393 g/mol. The number of nitrogens with zero attached hydrogens (tertiary/aromatic N) is 4. The molecule has 1 amide bonds. The van der Waals surface area contributed by atoms with Gasteiger partial charge in [0.05, 0.1) is 5.69 Å². The molecule has 28 heavy (non-hydrogen) atoms. The fourth-order valence-electron chi connectivity index (χ4n) is 3.40. The lowest BCUT2D eigenvalue weighted by molar-refractivity contribution is -0.117. The molecule has 0 saturated carbocycles. The van der Waals surface area contributed by atoms with Gasteiger partial charge in [0.15, 0.2) is 5.16 Å². The van der Waals surface area contributed by atoms with Crippen LogP contribution in [0.5, 0.6) is 0 Å². The Balaban J connectivity index is 1.75. The van der Waals surface area contributed by atoms with Crippen LogP contribution in [0, 0.1) is 6.92 Å². The first-order valence-corrected chi connectivity index (χ1v) is 10.3. The van der Waals surface area contributed by atoms with Crippen LogP contribution in [0.1, 0.15) is 29.2 Å². The smallest absolute Gasteiger partial charge is 0.235 e. The van der Waals surface area contributed by atoms with Gasteiger partial charge in [-0.25, -0.2) is 0 Å². The standard InChI is InChI=1S/C21H23N5OS/c1-15-9-11-17(12-10-15)26-20(25-13-5-6-14-25)23-24-21(26)28-18(19(22)27)16-7-3-2-4-8-16/h2-4,7-12,18H,5-6,13-14H2,1H3,(H2,22,27). The highest BCUT2D eigenvalue weighted by molar-refractivity contribution is 8.00. The van der Waals surface area contributed by atoms with E-state index in [0.717, 1.165) is 43.1 Å². The van der Waals surface area contributed by atoms with E-state index < -0.39 is 11.2 Å².